The molecule has 1 aliphatic rings. The zero-order valence-corrected chi connectivity index (χ0v) is 18.2. The number of nitrogens with one attached hydrogen (secondary N) is 2. The number of aromatic nitrogens is 4. The molecule has 1 unspecified atom stereocenters. The highest BCUT2D eigenvalue weighted by Crippen LogP contribution is 2.30. The fraction of sp³-hybridized carbons (Fsp3) is 0.444. The minimum absolute atomic E-state index is 0.0261. The lowest BCUT2D eigenvalue weighted by Crippen LogP contribution is -2.55. The minimum Gasteiger partial charge on any atom is -0.360 e. The van der Waals surface area contributed by atoms with Crippen molar-refractivity contribution < 1.29 is 36.3 Å². The van der Waals surface area contributed by atoms with Crippen molar-refractivity contribution in [2.24, 2.45) is 0 Å². The number of aromatic amines is 1. The van der Waals surface area contributed by atoms with Crippen LogP contribution in [0.4, 0.5) is 27.8 Å². The highest BCUT2D eigenvalue weighted by molar-refractivity contribution is 7.82. The van der Waals surface area contributed by atoms with E-state index in [1.807, 2.05) is 0 Å². The van der Waals surface area contributed by atoms with Gasteiger partial charge in [-0.15, -0.1) is 4.72 Å². The van der Waals surface area contributed by atoms with E-state index in [-0.39, 0.29) is 24.7 Å². The van der Waals surface area contributed by atoms with E-state index in [0.29, 0.717) is 11.4 Å². The molecule has 1 saturated heterocycles. The Bertz CT molecular complexity index is 1030. The number of anilines is 1. The van der Waals surface area contributed by atoms with Crippen LogP contribution in [0.1, 0.15) is 5.82 Å². The van der Waals surface area contributed by atoms with Crippen LogP contribution < -0.4 is 15.0 Å². The first-order valence-electron chi connectivity index (χ1n) is 9.60. The molecule has 0 spiro atoms. The van der Waals surface area contributed by atoms with Crippen LogP contribution in [-0.2, 0) is 19.9 Å². The molecule has 15 heteroatoms. The summed E-state index contributed by atoms with van der Waals surface area (Å²) in [7, 11) is -1.75. The number of hydrogen-bond acceptors (Lipinski definition) is 6. The van der Waals surface area contributed by atoms with Crippen LogP contribution in [0, 0.1) is 0 Å². The van der Waals surface area contributed by atoms with Gasteiger partial charge in [-0.25, -0.2) is 15.0 Å². The normalized spacial score (nSPS) is 20.5. The van der Waals surface area contributed by atoms with Crippen molar-refractivity contribution in [3.63, 3.8) is 0 Å². The van der Waals surface area contributed by atoms with Gasteiger partial charge < -0.3 is 14.6 Å². The zero-order valence-electron chi connectivity index (χ0n) is 17.3. The van der Waals surface area contributed by atoms with Gasteiger partial charge in [0.25, 0.3) is 0 Å². The number of imidazole rings is 1. The van der Waals surface area contributed by atoms with Crippen molar-refractivity contribution in [2.75, 3.05) is 30.8 Å². The molecule has 3 heterocycles. The number of halogens is 5. The Hall–Kier alpha value is -2.78. The molecule has 33 heavy (non-hydrogen) atoms. The lowest BCUT2D eigenvalue weighted by atomic mass is 10.2. The highest BCUT2D eigenvalue weighted by Gasteiger charge is 2.46. The third-order valence-electron chi connectivity index (χ3n) is 4.61. The minimum atomic E-state index is -4.59. The van der Waals surface area contributed by atoms with Crippen LogP contribution in [0.5, 0.6) is 0 Å². The van der Waals surface area contributed by atoms with E-state index in [9.17, 15) is 26.2 Å². The lowest BCUT2D eigenvalue weighted by Gasteiger charge is -2.39. The second kappa shape index (κ2) is 10.4. The summed E-state index contributed by atoms with van der Waals surface area (Å²) in [6, 6.07) is 1.48. The molecule has 180 valence electrons. The van der Waals surface area contributed by atoms with E-state index in [0.717, 1.165) is 6.08 Å². The molecule has 0 radical (unpaired) electrons. The molecule has 0 aromatic carbocycles. The molecule has 2 aromatic rings. The molecule has 1 aliphatic heterocycles. The van der Waals surface area contributed by atoms with Crippen molar-refractivity contribution in [3.8, 4) is 11.4 Å². The van der Waals surface area contributed by atoms with Crippen LogP contribution in [0.2, 0.25) is 0 Å². The molecule has 0 amide bonds. The fourth-order valence-electron chi connectivity index (χ4n) is 3.02. The Morgan fingerprint density at radius 3 is 2.82 bits per heavy atom. The summed E-state index contributed by atoms with van der Waals surface area (Å²) < 4.78 is 84.2. The maximum atomic E-state index is 13.4. The maximum Gasteiger partial charge on any atom is 0.416 e. The lowest BCUT2D eigenvalue weighted by molar-refractivity contribution is -0.234. The summed E-state index contributed by atoms with van der Waals surface area (Å²) in [4.78, 5) is 16.5. The summed E-state index contributed by atoms with van der Waals surface area (Å²) in [5.41, 5.74) is 0.107. The number of hydrogen-bond donors (Lipinski definition) is 3. The number of H-pyrrole nitrogens is 1. The maximum absolute atomic E-state index is 13.4. The topological polar surface area (TPSA) is 122 Å². The summed E-state index contributed by atoms with van der Waals surface area (Å²) in [5.74, 6) is 0.461. The second-order valence-electron chi connectivity index (χ2n) is 7.13. The Balaban J connectivity index is 1.80. The van der Waals surface area contributed by atoms with Crippen LogP contribution in [-0.4, -0.2) is 76.3 Å². The standard InChI is InChI=1S/C18H20F5N7O2S/c1-33(31)28-5-10-7-30(8-14(32-10)18(21,22)23)16-4-12(26-9-27-16)13-6-25-15(29-13)3-2-11(24)17(19)20/h2-4,6,9-10,14,17,24H,5,7-8H2,1H3,(H,25,29)(H,28,31)/p+2/b3-2-,24-11?/t10-,14+,33?/m0/s1. The molecular formula is C18H22F5N7O2S+2. The fourth-order valence-corrected chi connectivity index (χ4v) is 3.48. The smallest absolute Gasteiger partial charge is 0.360 e. The Morgan fingerprint density at radius 2 is 2.15 bits per heavy atom. The number of allylic oxidation sites excluding steroid dienone is 1. The SMILES string of the molecule is C[SH+](=O)NC[C@H]1CN(c2cc(-c3cnc(/C=C\C(=[NH2+])C(F)F)[nH]3)ncn2)C[C@H](C(F)(F)F)O1. The van der Waals surface area contributed by atoms with E-state index in [1.54, 1.807) is 0 Å². The van der Waals surface area contributed by atoms with Crippen molar-refractivity contribution in [1.29, 1.82) is 0 Å². The van der Waals surface area contributed by atoms with Gasteiger partial charge in [0.1, 0.15) is 35.2 Å². The number of thiol groups is 1. The van der Waals surface area contributed by atoms with Crippen molar-refractivity contribution in [3.05, 3.63) is 30.5 Å². The average molecular weight is 495 g/mol. The molecular weight excluding hydrogens is 473 g/mol. The summed E-state index contributed by atoms with van der Waals surface area (Å²) in [5, 5.41) is 5.18. The second-order valence-corrected chi connectivity index (χ2v) is 8.44. The monoisotopic (exact) mass is 495 g/mol. The van der Waals surface area contributed by atoms with E-state index in [1.165, 1.54) is 35.8 Å². The van der Waals surface area contributed by atoms with Gasteiger partial charge >= 0.3 is 12.6 Å². The number of rotatable bonds is 8. The number of ether oxygens (including phenoxy) is 1. The summed E-state index contributed by atoms with van der Waals surface area (Å²) in [6.07, 6.45) is -4.04. The molecule has 4 N–H and O–H groups in total. The first-order valence-corrected chi connectivity index (χ1v) is 11.3. The van der Waals surface area contributed by atoms with Gasteiger partial charge in [-0.1, -0.05) is 4.21 Å². The predicted octanol–water partition coefficient (Wildman–Crippen LogP) is 0.312. The van der Waals surface area contributed by atoms with Gasteiger partial charge in [0.05, 0.1) is 36.8 Å². The largest absolute Gasteiger partial charge is 0.416 e. The predicted molar refractivity (Wildman–Crippen MR) is 112 cm³/mol. The van der Waals surface area contributed by atoms with Crippen LogP contribution in [0.3, 0.4) is 0 Å². The average Bonchev–Trinajstić information content (AvgIpc) is 3.24. The van der Waals surface area contributed by atoms with Gasteiger partial charge in [0.15, 0.2) is 6.10 Å². The number of alkyl halides is 5. The van der Waals surface area contributed by atoms with Gasteiger partial charge in [-0.2, -0.15) is 22.0 Å². The first-order chi connectivity index (χ1) is 15.5. The quantitative estimate of drug-likeness (QED) is 0.210. The van der Waals surface area contributed by atoms with Gasteiger partial charge in [0.2, 0.25) is 5.71 Å². The van der Waals surface area contributed by atoms with E-state index >= 15 is 0 Å². The number of morpholine rings is 1. The van der Waals surface area contributed by atoms with Gasteiger partial charge in [-0.05, 0) is 6.08 Å². The molecule has 1 fully saturated rings. The van der Waals surface area contributed by atoms with Gasteiger partial charge in [0, 0.05) is 18.7 Å². The molecule has 0 bridgehead atoms. The van der Waals surface area contributed by atoms with Crippen LogP contribution >= 0.6 is 0 Å². The van der Waals surface area contributed by atoms with E-state index in [4.69, 9.17) is 10.1 Å². The van der Waals surface area contributed by atoms with Crippen molar-refractivity contribution >= 4 is 28.6 Å². The Labute approximate surface area is 187 Å². The zero-order chi connectivity index (χ0) is 24.2. The van der Waals surface area contributed by atoms with E-state index in [2.05, 4.69) is 24.7 Å². The van der Waals surface area contributed by atoms with Crippen LogP contribution in [0.25, 0.3) is 17.5 Å². The van der Waals surface area contributed by atoms with Crippen molar-refractivity contribution in [1.82, 2.24) is 24.7 Å². The molecule has 0 saturated carbocycles. The first kappa shape index (κ1) is 24.9. The third kappa shape index (κ3) is 6.85. The molecule has 3 atom stereocenters. The van der Waals surface area contributed by atoms with Crippen molar-refractivity contribution in [2.45, 2.75) is 24.8 Å². The highest BCUT2D eigenvalue weighted by atomic mass is 32.2. The summed E-state index contributed by atoms with van der Waals surface area (Å²) >= 11 is 0. The molecule has 3 rings (SSSR count). The third-order valence-corrected chi connectivity index (χ3v) is 5.24. The molecule has 2 aromatic heterocycles. The van der Waals surface area contributed by atoms with Gasteiger partial charge in [-0.3, -0.25) is 5.41 Å². The molecule has 0 aliphatic carbocycles. The Kier molecular flexibility index (Phi) is 7.86. The van der Waals surface area contributed by atoms with E-state index < -0.39 is 48.1 Å². The summed E-state index contributed by atoms with van der Waals surface area (Å²) in [6.45, 7) is -0.422. The molecule has 9 nitrogen and oxygen atoms in total. The number of nitrogens with zero attached hydrogens (tertiary/aromatic N) is 4. The number of nitrogens with two attached hydrogens (primary N) is 1. The van der Waals surface area contributed by atoms with Crippen LogP contribution in [0.15, 0.2) is 24.7 Å². The Morgan fingerprint density at radius 1 is 1.39 bits per heavy atom.